The quantitative estimate of drug-likeness (QED) is 0.665. The predicted octanol–water partition coefficient (Wildman–Crippen LogP) is 2.79. The molecule has 3 aromatic rings. The number of hydrogen-bond acceptors (Lipinski definition) is 4. The molecule has 0 N–H and O–H groups in total. The molecule has 0 aliphatic heterocycles. The molecule has 0 saturated heterocycles. The normalized spacial score (nSPS) is 16.9. The van der Waals surface area contributed by atoms with Crippen LogP contribution in [0.5, 0.6) is 0 Å². The molecule has 3 heterocycles. The van der Waals surface area contributed by atoms with Crippen molar-refractivity contribution in [3.8, 4) is 0 Å². The minimum absolute atomic E-state index is 0.0554. The summed E-state index contributed by atoms with van der Waals surface area (Å²) in [6.45, 7) is 1.52. The third-order valence-corrected chi connectivity index (χ3v) is 4.86. The summed E-state index contributed by atoms with van der Waals surface area (Å²) in [7, 11) is 1.92. The third kappa shape index (κ3) is 3.54. The van der Waals surface area contributed by atoms with Crippen molar-refractivity contribution in [1.29, 1.82) is 0 Å². The Morgan fingerprint density at radius 2 is 2.15 bits per heavy atom. The van der Waals surface area contributed by atoms with Gasteiger partial charge in [-0.25, -0.2) is 4.98 Å². The second-order valence-corrected chi connectivity index (χ2v) is 6.89. The molecule has 3 aromatic heterocycles. The van der Waals surface area contributed by atoms with E-state index in [-0.39, 0.29) is 5.56 Å². The highest BCUT2D eigenvalue weighted by Gasteiger charge is 2.18. The van der Waals surface area contributed by atoms with Gasteiger partial charge in [-0.2, -0.15) is 5.10 Å². The van der Waals surface area contributed by atoms with Crippen molar-refractivity contribution < 1.29 is 0 Å². The van der Waals surface area contributed by atoms with Crippen molar-refractivity contribution in [2.24, 2.45) is 13.0 Å². The molecule has 0 aromatic carbocycles. The Morgan fingerprint density at radius 3 is 2.92 bits per heavy atom. The summed E-state index contributed by atoms with van der Waals surface area (Å²) >= 11 is 0. The Balaban J connectivity index is 1.69. The first-order chi connectivity index (χ1) is 12.7. The molecular formula is C20H23N5O. The monoisotopic (exact) mass is 349 g/mol. The maximum Gasteiger partial charge on any atom is 0.259 e. The van der Waals surface area contributed by atoms with Gasteiger partial charge in [-0.05, 0) is 43.4 Å². The predicted molar refractivity (Wildman–Crippen MR) is 102 cm³/mol. The number of pyridine rings is 1. The van der Waals surface area contributed by atoms with Gasteiger partial charge in [0, 0.05) is 32.1 Å². The zero-order valence-electron chi connectivity index (χ0n) is 15.0. The summed E-state index contributed by atoms with van der Waals surface area (Å²) in [5, 5.41) is 4.50. The van der Waals surface area contributed by atoms with Gasteiger partial charge in [-0.1, -0.05) is 18.2 Å². The Hall–Kier alpha value is -2.89. The van der Waals surface area contributed by atoms with Crippen LogP contribution in [-0.2, 0) is 13.6 Å². The Kier molecular flexibility index (Phi) is 4.56. The summed E-state index contributed by atoms with van der Waals surface area (Å²) in [5.74, 6) is 1.29. The first-order valence-electron chi connectivity index (χ1n) is 9.06. The lowest BCUT2D eigenvalue weighted by Crippen LogP contribution is -2.32. The summed E-state index contributed by atoms with van der Waals surface area (Å²) < 4.78 is 3.38. The smallest absolute Gasteiger partial charge is 0.259 e. The lowest BCUT2D eigenvalue weighted by Gasteiger charge is -2.28. The first-order valence-corrected chi connectivity index (χ1v) is 9.06. The number of hydrogen-bond donors (Lipinski definition) is 0. The van der Waals surface area contributed by atoms with E-state index >= 15 is 0 Å². The Labute approximate surface area is 152 Å². The van der Waals surface area contributed by atoms with E-state index in [1.165, 1.54) is 6.42 Å². The molecule has 0 saturated carbocycles. The summed E-state index contributed by atoms with van der Waals surface area (Å²) in [5.41, 5.74) is 1.60. The van der Waals surface area contributed by atoms with E-state index in [0.29, 0.717) is 18.1 Å². The van der Waals surface area contributed by atoms with E-state index < -0.39 is 0 Å². The van der Waals surface area contributed by atoms with Gasteiger partial charge in [-0.15, -0.1) is 0 Å². The number of anilines is 1. The minimum Gasteiger partial charge on any atom is -0.350 e. The van der Waals surface area contributed by atoms with Crippen LogP contribution < -0.4 is 10.5 Å². The third-order valence-electron chi connectivity index (χ3n) is 4.86. The van der Waals surface area contributed by atoms with Crippen LogP contribution in [0.1, 0.15) is 25.0 Å². The van der Waals surface area contributed by atoms with Crippen molar-refractivity contribution in [2.75, 3.05) is 11.4 Å². The standard InChI is InChI=1S/C20H23N5O/c1-23-12-10-17(22-23)15-24(14-16-7-3-2-4-8-16)19-13-20(26)25-11-6-5-9-18(25)21-19/h2-3,5-6,9-13,16H,4,7-8,14-15H2,1H3. The summed E-state index contributed by atoms with van der Waals surface area (Å²) in [6, 6.07) is 9.26. The van der Waals surface area contributed by atoms with Gasteiger partial charge in [0.05, 0.1) is 12.2 Å². The van der Waals surface area contributed by atoms with Crippen LogP contribution in [0, 0.1) is 5.92 Å². The number of fused-ring (bicyclic) bond motifs is 1. The topological polar surface area (TPSA) is 55.4 Å². The molecule has 0 fully saturated rings. The molecule has 0 bridgehead atoms. The van der Waals surface area contributed by atoms with Gasteiger partial charge in [0.25, 0.3) is 5.56 Å². The number of rotatable bonds is 5. The van der Waals surface area contributed by atoms with Crippen molar-refractivity contribution in [3.63, 3.8) is 0 Å². The molecule has 6 heteroatoms. The molecule has 1 unspecified atom stereocenters. The second kappa shape index (κ2) is 7.15. The van der Waals surface area contributed by atoms with E-state index in [2.05, 4.69) is 22.2 Å². The van der Waals surface area contributed by atoms with Crippen LogP contribution in [0.2, 0.25) is 0 Å². The molecule has 0 radical (unpaired) electrons. The maximum absolute atomic E-state index is 12.5. The highest BCUT2D eigenvalue weighted by molar-refractivity contribution is 5.48. The molecule has 1 aliphatic rings. The zero-order chi connectivity index (χ0) is 17.9. The zero-order valence-corrected chi connectivity index (χ0v) is 15.0. The van der Waals surface area contributed by atoms with Gasteiger partial charge < -0.3 is 4.90 Å². The molecular weight excluding hydrogens is 326 g/mol. The minimum atomic E-state index is -0.0554. The van der Waals surface area contributed by atoms with Crippen molar-refractivity contribution >= 4 is 11.5 Å². The Morgan fingerprint density at radius 1 is 1.23 bits per heavy atom. The van der Waals surface area contributed by atoms with Crippen LogP contribution >= 0.6 is 0 Å². The average Bonchev–Trinajstić information content (AvgIpc) is 3.07. The number of nitrogens with zero attached hydrogens (tertiary/aromatic N) is 5. The molecule has 26 heavy (non-hydrogen) atoms. The highest BCUT2D eigenvalue weighted by Crippen LogP contribution is 2.23. The molecule has 134 valence electrons. The summed E-state index contributed by atoms with van der Waals surface area (Å²) in [4.78, 5) is 19.5. The summed E-state index contributed by atoms with van der Waals surface area (Å²) in [6.07, 6.45) is 11.6. The second-order valence-electron chi connectivity index (χ2n) is 6.89. The van der Waals surface area contributed by atoms with Gasteiger partial charge in [0.1, 0.15) is 11.5 Å². The van der Waals surface area contributed by atoms with Gasteiger partial charge >= 0.3 is 0 Å². The molecule has 6 nitrogen and oxygen atoms in total. The van der Waals surface area contributed by atoms with Gasteiger partial charge in [0.15, 0.2) is 0 Å². The van der Waals surface area contributed by atoms with Crippen molar-refractivity contribution in [3.05, 3.63) is 70.9 Å². The van der Waals surface area contributed by atoms with Crippen LogP contribution in [0.4, 0.5) is 5.82 Å². The van der Waals surface area contributed by atoms with Crippen LogP contribution in [0.3, 0.4) is 0 Å². The molecule has 1 atom stereocenters. The largest absolute Gasteiger partial charge is 0.350 e. The first kappa shape index (κ1) is 16.6. The Bertz CT molecular complexity index is 987. The SMILES string of the molecule is Cn1ccc(CN(CC2CC=CCC2)c2cc(=O)n3ccccc3n2)n1. The maximum atomic E-state index is 12.5. The molecule has 0 spiro atoms. The fourth-order valence-corrected chi connectivity index (χ4v) is 3.52. The fourth-order valence-electron chi connectivity index (χ4n) is 3.52. The van der Waals surface area contributed by atoms with Crippen LogP contribution in [0.15, 0.2) is 59.7 Å². The van der Waals surface area contributed by atoms with E-state index in [1.54, 1.807) is 21.3 Å². The van der Waals surface area contributed by atoms with E-state index in [9.17, 15) is 4.79 Å². The van der Waals surface area contributed by atoms with Gasteiger partial charge in [-0.3, -0.25) is 13.9 Å². The van der Waals surface area contributed by atoms with E-state index in [1.807, 2.05) is 37.5 Å². The number of aryl methyl sites for hydroxylation is 1. The number of aromatic nitrogens is 4. The molecule has 1 aliphatic carbocycles. The molecule has 4 rings (SSSR count). The van der Waals surface area contributed by atoms with Gasteiger partial charge in [0.2, 0.25) is 0 Å². The average molecular weight is 349 g/mol. The lowest BCUT2D eigenvalue weighted by molar-refractivity contribution is 0.467. The molecule has 0 amide bonds. The highest BCUT2D eigenvalue weighted by atomic mass is 16.1. The van der Waals surface area contributed by atoms with E-state index in [4.69, 9.17) is 4.98 Å². The van der Waals surface area contributed by atoms with Crippen molar-refractivity contribution in [1.82, 2.24) is 19.2 Å². The van der Waals surface area contributed by atoms with Crippen LogP contribution in [-0.4, -0.2) is 25.7 Å². The fraction of sp³-hybridized carbons (Fsp3) is 0.350. The van der Waals surface area contributed by atoms with Crippen LogP contribution in [0.25, 0.3) is 5.65 Å². The van der Waals surface area contributed by atoms with E-state index in [0.717, 1.165) is 30.9 Å². The lowest BCUT2D eigenvalue weighted by atomic mass is 9.94. The number of allylic oxidation sites excluding steroid dienone is 2. The van der Waals surface area contributed by atoms with Crippen molar-refractivity contribution in [2.45, 2.75) is 25.8 Å².